The third-order valence-electron chi connectivity index (χ3n) is 1.16. The molecule has 0 aliphatic carbocycles. The van der Waals surface area contributed by atoms with Gasteiger partial charge in [-0.2, -0.15) is 3.59 Å². The van der Waals surface area contributed by atoms with Crippen LogP contribution in [0.25, 0.3) is 6.20 Å². The van der Waals surface area contributed by atoms with Gasteiger partial charge in [0.15, 0.2) is 0 Å². The summed E-state index contributed by atoms with van der Waals surface area (Å²) < 4.78 is 2.02. The lowest BCUT2D eigenvalue weighted by molar-refractivity contribution is 0.911. The predicted molar refractivity (Wildman–Crippen MR) is 45.7 cm³/mol. The third-order valence-corrected chi connectivity index (χ3v) is 1.81. The summed E-state index contributed by atoms with van der Waals surface area (Å²) in [4.78, 5) is 21.8. The molecule has 0 aromatic carbocycles. The minimum atomic E-state index is -0.465. The van der Waals surface area contributed by atoms with E-state index in [9.17, 15) is 9.59 Å². The second-order valence-corrected chi connectivity index (χ2v) is 2.52. The summed E-state index contributed by atoms with van der Waals surface area (Å²) in [7, 11) is 0. The Bertz CT molecular complexity index is 390. The van der Waals surface area contributed by atoms with Crippen LogP contribution in [0.4, 0.5) is 0 Å². The molecule has 0 aliphatic heterocycles. The molecule has 58 valence electrons. The summed E-state index contributed by atoms with van der Waals surface area (Å²) in [5, 5.41) is 0. The van der Waals surface area contributed by atoms with Crippen molar-refractivity contribution in [2.75, 3.05) is 0 Å². The van der Waals surface area contributed by atoms with E-state index in [1.54, 1.807) is 0 Å². The van der Waals surface area contributed by atoms with E-state index in [-0.39, 0.29) is 0 Å². The molecule has 1 aromatic rings. The van der Waals surface area contributed by atoms with Crippen LogP contribution in [0.5, 0.6) is 0 Å². The van der Waals surface area contributed by atoms with Gasteiger partial charge < -0.3 is 0 Å². The van der Waals surface area contributed by atoms with Crippen LogP contribution >= 0.6 is 16.1 Å². The van der Waals surface area contributed by atoms with Gasteiger partial charge in [0, 0.05) is 18.5 Å². The zero-order valence-corrected chi connectivity index (χ0v) is 7.11. The summed E-state index contributed by atoms with van der Waals surface area (Å²) in [6.45, 7) is 3.39. The van der Waals surface area contributed by atoms with Crippen LogP contribution in [0.3, 0.4) is 0 Å². The Labute approximate surface area is 70.7 Å². The van der Waals surface area contributed by atoms with Crippen LogP contribution in [0, 0.1) is 0 Å². The average molecular weight is 217 g/mol. The van der Waals surface area contributed by atoms with Gasteiger partial charge in [0.1, 0.15) is 0 Å². The quantitative estimate of drug-likeness (QED) is 0.677. The second kappa shape index (κ2) is 2.87. The molecule has 0 saturated carbocycles. The summed E-state index contributed by atoms with van der Waals surface area (Å²) >= 11 is 2.79. The summed E-state index contributed by atoms with van der Waals surface area (Å²) in [6, 6.07) is 1.26. The van der Waals surface area contributed by atoms with Crippen molar-refractivity contribution in [3.05, 3.63) is 39.7 Å². The van der Waals surface area contributed by atoms with Crippen LogP contribution in [-0.2, 0) is 0 Å². The van der Waals surface area contributed by atoms with Gasteiger partial charge in [-0.05, 0) is 0 Å². The lowest BCUT2D eigenvalue weighted by Crippen LogP contribution is -2.31. The van der Waals surface area contributed by atoms with E-state index in [4.69, 9.17) is 0 Å². The molecule has 0 spiro atoms. The first-order valence-electron chi connectivity index (χ1n) is 2.79. The van der Waals surface area contributed by atoms with Crippen molar-refractivity contribution in [3.63, 3.8) is 0 Å². The van der Waals surface area contributed by atoms with Gasteiger partial charge in [-0.15, -0.1) is 0 Å². The number of hydrogen-bond acceptors (Lipinski definition) is 2. The normalized spacial score (nSPS) is 9.55. The summed E-state index contributed by atoms with van der Waals surface area (Å²) in [6.07, 6.45) is 2.68. The molecule has 0 radical (unpaired) electrons. The highest BCUT2D eigenvalue weighted by atomic mass is 79.9. The Morgan fingerprint density at radius 3 is 2.73 bits per heavy atom. The van der Waals surface area contributed by atoms with Crippen molar-refractivity contribution in [1.82, 2.24) is 8.16 Å². The second-order valence-electron chi connectivity index (χ2n) is 1.81. The number of hydrogen-bond donors (Lipinski definition) is 0. The monoisotopic (exact) mass is 216 g/mol. The molecule has 0 bridgehead atoms. The van der Waals surface area contributed by atoms with Crippen molar-refractivity contribution >= 4 is 22.3 Å². The van der Waals surface area contributed by atoms with Crippen molar-refractivity contribution in [2.45, 2.75) is 0 Å². The lowest BCUT2D eigenvalue weighted by Gasteiger charge is -1.96. The molecule has 4 nitrogen and oxygen atoms in total. The van der Waals surface area contributed by atoms with Crippen molar-refractivity contribution in [1.29, 1.82) is 0 Å². The molecule has 5 heteroatoms. The van der Waals surface area contributed by atoms with Crippen LogP contribution in [0.15, 0.2) is 28.4 Å². The molecule has 1 aromatic heterocycles. The third kappa shape index (κ3) is 1.32. The maximum atomic E-state index is 11.0. The fourth-order valence-electron chi connectivity index (χ4n) is 0.608. The largest absolute Gasteiger partial charge is 0.345 e. The fraction of sp³-hybridized carbons (Fsp3) is 0. The Morgan fingerprint density at radius 1 is 1.55 bits per heavy atom. The molecule has 11 heavy (non-hydrogen) atoms. The Morgan fingerprint density at radius 2 is 2.18 bits per heavy atom. The summed E-state index contributed by atoms with van der Waals surface area (Å²) in [5.41, 5.74) is -0.861. The minimum absolute atomic E-state index is 0.395. The maximum Gasteiger partial charge on any atom is 0.345 e. The van der Waals surface area contributed by atoms with Gasteiger partial charge in [0.05, 0.1) is 16.1 Å². The smallest absolute Gasteiger partial charge is 0.276 e. The SMILES string of the molecule is C=Cn1ccc(=O)n(Br)c1=O. The molecule has 0 aliphatic rings. The molecular formula is C6H5BrN2O2. The molecule has 0 amide bonds. The zero-order valence-electron chi connectivity index (χ0n) is 5.53. The fourth-order valence-corrected chi connectivity index (χ4v) is 0.909. The van der Waals surface area contributed by atoms with E-state index in [0.29, 0.717) is 0 Å². The average Bonchev–Trinajstić information content (AvgIpc) is 2.01. The molecule has 0 unspecified atom stereocenters. The van der Waals surface area contributed by atoms with Gasteiger partial charge in [0.2, 0.25) is 0 Å². The van der Waals surface area contributed by atoms with Crippen molar-refractivity contribution in [3.8, 4) is 0 Å². The predicted octanol–water partition coefficient (Wildman–Crippen LogP) is 0.268. The zero-order chi connectivity index (χ0) is 8.43. The highest BCUT2D eigenvalue weighted by molar-refractivity contribution is 9.08. The van der Waals surface area contributed by atoms with Gasteiger partial charge in [-0.25, -0.2) is 4.79 Å². The van der Waals surface area contributed by atoms with Gasteiger partial charge in [-0.1, -0.05) is 6.58 Å². The molecule has 0 atom stereocenters. The van der Waals surface area contributed by atoms with Crippen LogP contribution in [0.1, 0.15) is 0 Å². The van der Waals surface area contributed by atoms with Crippen LogP contribution in [-0.4, -0.2) is 8.16 Å². The van der Waals surface area contributed by atoms with E-state index < -0.39 is 11.2 Å². The maximum absolute atomic E-state index is 11.0. The first-order chi connectivity index (χ1) is 5.16. The number of rotatable bonds is 1. The standard InChI is InChI=1S/C6H5BrN2O2/c1-2-8-4-3-5(10)9(7)6(8)11/h2-4H,1H2. The highest BCUT2D eigenvalue weighted by Gasteiger charge is 1.97. The van der Waals surface area contributed by atoms with Crippen molar-refractivity contribution in [2.24, 2.45) is 0 Å². The van der Waals surface area contributed by atoms with Gasteiger partial charge in [-0.3, -0.25) is 9.36 Å². The van der Waals surface area contributed by atoms with Crippen LogP contribution in [0.2, 0.25) is 0 Å². The van der Waals surface area contributed by atoms with E-state index in [1.165, 1.54) is 23.0 Å². The van der Waals surface area contributed by atoms with Gasteiger partial charge >= 0.3 is 5.69 Å². The topological polar surface area (TPSA) is 44.0 Å². The highest BCUT2D eigenvalue weighted by Crippen LogP contribution is 1.80. The molecule has 0 N–H and O–H groups in total. The molecule has 0 saturated heterocycles. The first kappa shape index (κ1) is 8.00. The van der Waals surface area contributed by atoms with E-state index >= 15 is 0 Å². The Balaban J connectivity index is 3.62. The van der Waals surface area contributed by atoms with E-state index in [0.717, 1.165) is 3.59 Å². The molecular weight excluding hydrogens is 212 g/mol. The Kier molecular flexibility index (Phi) is 2.09. The number of aromatic nitrogens is 2. The molecule has 0 fully saturated rings. The molecule has 1 rings (SSSR count). The van der Waals surface area contributed by atoms with Crippen LogP contribution < -0.4 is 11.2 Å². The summed E-state index contributed by atoms with van der Waals surface area (Å²) in [5.74, 6) is 0. The Hall–Kier alpha value is -1.10. The minimum Gasteiger partial charge on any atom is -0.276 e. The van der Waals surface area contributed by atoms with E-state index in [1.807, 2.05) is 0 Å². The number of nitrogens with zero attached hydrogens (tertiary/aromatic N) is 2. The number of halogens is 1. The van der Waals surface area contributed by atoms with Gasteiger partial charge in [0.25, 0.3) is 5.56 Å². The van der Waals surface area contributed by atoms with Crippen molar-refractivity contribution < 1.29 is 0 Å². The van der Waals surface area contributed by atoms with E-state index in [2.05, 4.69) is 22.7 Å². The first-order valence-corrected chi connectivity index (χ1v) is 3.50. The lowest BCUT2D eigenvalue weighted by atomic mass is 10.6. The molecule has 1 heterocycles.